The Labute approximate surface area is 103 Å². The van der Waals surface area contributed by atoms with Gasteiger partial charge in [0.05, 0.1) is 0 Å². The van der Waals surface area contributed by atoms with Crippen LogP contribution >= 0.6 is 15.9 Å². The van der Waals surface area contributed by atoms with Gasteiger partial charge in [-0.05, 0) is 32.0 Å². The molecule has 0 fully saturated rings. The molecule has 2 aromatic rings. The van der Waals surface area contributed by atoms with E-state index in [2.05, 4.69) is 46.5 Å². The summed E-state index contributed by atoms with van der Waals surface area (Å²) in [6, 6.07) is 8.59. The molecule has 0 aliphatic heterocycles. The van der Waals surface area contributed by atoms with Crippen LogP contribution in [0.25, 0.3) is 10.9 Å². The van der Waals surface area contributed by atoms with Crippen LogP contribution in [0.5, 0.6) is 0 Å². The molecule has 0 saturated heterocycles. The molecule has 0 unspecified atom stereocenters. The van der Waals surface area contributed by atoms with E-state index in [-0.39, 0.29) is 0 Å². The van der Waals surface area contributed by atoms with Crippen molar-refractivity contribution in [3.63, 3.8) is 0 Å². The number of aldehydes is 1. The van der Waals surface area contributed by atoms with E-state index >= 15 is 0 Å². The number of hydrogen-bond acceptors (Lipinski definition) is 1. The second kappa shape index (κ2) is 4.42. The Morgan fingerprint density at radius 1 is 1.44 bits per heavy atom. The van der Waals surface area contributed by atoms with Gasteiger partial charge in [0.1, 0.15) is 6.29 Å². The highest BCUT2D eigenvalue weighted by molar-refractivity contribution is 9.10. The fourth-order valence-corrected chi connectivity index (χ4v) is 2.59. The first-order valence-corrected chi connectivity index (χ1v) is 6.16. The number of carbonyl (C=O) groups excluding carboxylic acids is 1. The lowest BCUT2D eigenvalue weighted by Gasteiger charge is -2.13. The summed E-state index contributed by atoms with van der Waals surface area (Å²) >= 11 is 3.54. The second-order valence-electron chi connectivity index (χ2n) is 4.14. The van der Waals surface area contributed by atoms with Crippen molar-refractivity contribution in [2.75, 3.05) is 0 Å². The van der Waals surface area contributed by atoms with E-state index in [0.29, 0.717) is 12.5 Å². The minimum absolute atomic E-state index is 0.363. The quantitative estimate of drug-likeness (QED) is 0.785. The molecule has 0 aliphatic carbocycles. The molecule has 16 heavy (non-hydrogen) atoms. The van der Waals surface area contributed by atoms with E-state index in [0.717, 1.165) is 16.5 Å². The number of hydrogen-bond donors (Lipinski definition) is 0. The summed E-state index contributed by atoms with van der Waals surface area (Å²) in [5.74, 6) is 0. The molecule has 0 amide bonds. The van der Waals surface area contributed by atoms with E-state index in [1.54, 1.807) is 0 Å². The third-order valence-corrected chi connectivity index (χ3v) is 3.41. The van der Waals surface area contributed by atoms with Gasteiger partial charge < -0.3 is 9.36 Å². The number of carbonyl (C=O) groups is 1. The van der Waals surface area contributed by atoms with Crippen LogP contribution < -0.4 is 0 Å². The van der Waals surface area contributed by atoms with Crippen LogP contribution in [0.4, 0.5) is 0 Å². The van der Waals surface area contributed by atoms with Crippen LogP contribution in [0.1, 0.15) is 25.6 Å². The Hall–Kier alpha value is -1.09. The Bertz CT molecular complexity index is 528. The Balaban J connectivity index is 2.75. The Morgan fingerprint density at radius 3 is 2.81 bits per heavy atom. The molecule has 0 radical (unpaired) electrons. The Morgan fingerprint density at radius 2 is 2.19 bits per heavy atom. The molecule has 0 atom stereocenters. The van der Waals surface area contributed by atoms with Gasteiger partial charge in [0, 0.05) is 33.5 Å². The summed E-state index contributed by atoms with van der Waals surface area (Å²) in [5, 5.41) is 1.17. The molecule has 0 aliphatic rings. The van der Waals surface area contributed by atoms with E-state index in [4.69, 9.17) is 0 Å². The standard InChI is InChI=1S/C13H14BrNO/c1-9(2)15-10(6-7-16)8-11-12(14)4-3-5-13(11)15/h3-5,7-9H,6H2,1-2H3. The predicted molar refractivity (Wildman–Crippen MR) is 69.8 cm³/mol. The van der Waals surface area contributed by atoms with Gasteiger partial charge in [0.25, 0.3) is 0 Å². The first-order chi connectivity index (χ1) is 7.65. The lowest BCUT2D eigenvalue weighted by Crippen LogP contribution is -2.05. The lowest BCUT2D eigenvalue weighted by molar-refractivity contribution is -0.107. The molecule has 0 N–H and O–H groups in total. The molecule has 1 aromatic carbocycles. The minimum Gasteiger partial charge on any atom is -0.342 e. The van der Waals surface area contributed by atoms with E-state index in [1.165, 1.54) is 10.9 Å². The molecular formula is C13H14BrNO. The van der Waals surface area contributed by atoms with Gasteiger partial charge in [-0.15, -0.1) is 0 Å². The molecule has 3 heteroatoms. The molecule has 0 spiro atoms. The SMILES string of the molecule is CC(C)n1c(CC=O)cc2c(Br)cccc21. The number of halogens is 1. The number of rotatable bonds is 3. The van der Waals surface area contributed by atoms with Crippen LogP contribution in [0.3, 0.4) is 0 Å². The summed E-state index contributed by atoms with van der Waals surface area (Å²) in [4.78, 5) is 10.7. The van der Waals surface area contributed by atoms with E-state index < -0.39 is 0 Å². The van der Waals surface area contributed by atoms with Gasteiger partial charge in [0.15, 0.2) is 0 Å². The summed E-state index contributed by atoms with van der Waals surface area (Å²) < 4.78 is 3.30. The first-order valence-electron chi connectivity index (χ1n) is 5.37. The normalized spacial score (nSPS) is 11.2. The smallest absolute Gasteiger partial charge is 0.125 e. The zero-order valence-electron chi connectivity index (χ0n) is 9.40. The highest BCUT2D eigenvalue weighted by atomic mass is 79.9. The number of benzene rings is 1. The van der Waals surface area contributed by atoms with Gasteiger partial charge >= 0.3 is 0 Å². The van der Waals surface area contributed by atoms with Gasteiger partial charge in [-0.3, -0.25) is 0 Å². The number of aromatic nitrogens is 1. The third kappa shape index (κ3) is 1.80. The summed E-state index contributed by atoms with van der Waals surface area (Å²) in [6.45, 7) is 4.27. The fourth-order valence-electron chi connectivity index (χ4n) is 2.12. The van der Waals surface area contributed by atoms with Gasteiger partial charge in [-0.25, -0.2) is 0 Å². The maximum atomic E-state index is 10.7. The van der Waals surface area contributed by atoms with Crippen LogP contribution in [-0.4, -0.2) is 10.9 Å². The van der Waals surface area contributed by atoms with Crippen molar-refractivity contribution in [1.82, 2.24) is 4.57 Å². The molecule has 2 nitrogen and oxygen atoms in total. The highest BCUT2D eigenvalue weighted by Gasteiger charge is 2.12. The average Bonchev–Trinajstić information content (AvgIpc) is 2.58. The zero-order chi connectivity index (χ0) is 11.7. The summed E-state index contributed by atoms with van der Waals surface area (Å²) in [6.07, 6.45) is 1.43. The average molecular weight is 280 g/mol. The van der Waals surface area contributed by atoms with Crippen LogP contribution in [-0.2, 0) is 11.2 Å². The minimum atomic E-state index is 0.363. The summed E-state index contributed by atoms with van der Waals surface area (Å²) in [5.41, 5.74) is 2.26. The van der Waals surface area contributed by atoms with Crippen molar-refractivity contribution in [2.45, 2.75) is 26.3 Å². The maximum Gasteiger partial charge on any atom is 0.125 e. The molecule has 0 saturated carbocycles. The topological polar surface area (TPSA) is 22.0 Å². The molecular weight excluding hydrogens is 266 g/mol. The van der Waals surface area contributed by atoms with Crippen LogP contribution in [0.2, 0.25) is 0 Å². The maximum absolute atomic E-state index is 10.7. The molecule has 84 valence electrons. The van der Waals surface area contributed by atoms with Crippen molar-refractivity contribution in [3.8, 4) is 0 Å². The van der Waals surface area contributed by atoms with Crippen LogP contribution in [0.15, 0.2) is 28.7 Å². The van der Waals surface area contributed by atoms with Gasteiger partial charge in [-0.2, -0.15) is 0 Å². The van der Waals surface area contributed by atoms with Crippen molar-refractivity contribution >= 4 is 33.1 Å². The molecule has 2 rings (SSSR count). The first kappa shape index (κ1) is 11.4. The van der Waals surface area contributed by atoms with E-state index in [1.807, 2.05) is 12.1 Å². The predicted octanol–water partition coefficient (Wildman–Crippen LogP) is 3.73. The van der Waals surface area contributed by atoms with Gasteiger partial charge in [0.2, 0.25) is 0 Å². The largest absolute Gasteiger partial charge is 0.342 e. The Kier molecular flexibility index (Phi) is 3.15. The second-order valence-corrected chi connectivity index (χ2v) is 5.00. The van der Waals surface area contributed by atoms with E-state index in [9.17, 15) is 4.79 Å². The molecule has 1 aromatic heterocycles. The van der Waals surface area contributed by atoms with Gasteiger partial charge in [-0.1, -0.05) is 22.0 Å². The summed E-state index contributed by atoms with van der Waals surface area (Å²) in [7, 11) is 0. The molecule has 1 heterocycles. The van der Waals surface area contributed by atoms with Crippen molar-refractivity contribution < 1.29 is 4.79 Å². The zero-order valence-corrected chi connectivity index (χ0v) is 11.0. The monoisotopic (exact) mass is 279 g/mol. The lowest BCUT2D eigenvalue weighted by atomic mass is 10.2. The van der Waals surface area contributed by atoms with Crippen molar-refractivity contribution in [1.29, 1.82) is 0 Å². The fraction of sp³-hybridized carbons (Fsp3) is 0.308. The van der Waals surface area contributed by atoms with Crippen molar-refractivity contribution in [3.05, 3.63) is 34.4 Å². The number of fused-ring (bicyclic) bond motifs is 1. The number of nitrogens with zero attached hydrogens (tertiary/aromatic N) is 1. The highest BCUT2D eigenvalue weighted by Crippen LogP contribution is 2.29. The molecule has 0 bridgehead atoms. The van der Waals surface area contributed by atoms with Crippen molar-refractivity contribution in [2.24, 2.45) is 0 Å². The third-order valence-electron chi connectivity index (χ3n) is 2.72. The van der Waals surface area contributed by atoms with Crippen LogP contribution in [0, 0.1) is 0 Å².